The van der Waals surface area contributed by atoms with Crippen molar-refractivity contribution in [2.45, 2.75) is 26.3 Å². The van der Waals surface area contributed by atoms with Gasteiger partial charge in [0.15, 0.2) is 5.69 Å². The lowest BCUT2D eigenvalue weighted by Gasteiger charge is -2.09. The second kappa shape index (κ2) is 3.83. The van der Waals surface area contributed by atoms with Crippen LogP contribution in [-0.4, -0.2) is 15.0 Å². The molecule has 0 aliphatic carbocycles. The molecule has 2 aromatic rings. The van der Waals surface area contributed by atoms with E-state index < -0.39 is 0 Å². The molecule has 0 fully saturated rings. The van der Waals surface area contributed by atoms with Crippen LogP contribution >= 0.6 is 12.2 Å². The summed E-state index contributed by atoms with van der Waals surface area (Å²) in [5.41, 5.74) is 0.885. The molecule has 0 radical (unpaired) electrons. The molecule has 16 heavy (non-hydrogen) atoms. The van der Waals surface area contributed by atoms with Crippen LogP contribution in [0, 0.1) is 4.77 Å². The average Bonchev–Trinajstić information content (AvgIpc) is 2.61. The van der Waals surface area contributed by atoms with Crippen molar-refractivity contribution in [3.8, 4) is 5.69 Å². The number of para-hydroxylation sites is 1. The van der Waals surface area contributed by atoms with Crippen LogP contribution < -0.4 is 4.80 Å². The van der Waals surface area contributed by atoms with E-state index in [2.05, 4.69) is 31.1 Å². The molecular weight excluding hydrogens is 220 g/mol. The summed E-state index contributed by atoms with van der Waals surface area (Å²) in [7, 11) is 0. The molecule has 0 saturated carbocycles. The van der Waals surface area contributed by atoms with Crippen molar-refractivity contribution in [3.63, 3.8) is 0 Å². The fourth-order valence-corrected chi connectivity index (χ4v) is 1.56. The number of rotatable bonds is 1. The molecular formula is C11H15N4S+. The zero-order chi connectivity index (χ0) is 11.8. The highest BCUT2D eigenvalue weighted by atomic mass is 32.1. The van der Waals surface area contributed by atoms with Crippen molar-refractivity contribution in [2.24, 2.45) is 0 Å². The number of tetrazole rings is 1. The van der Waals surface area contributed by atoms with E-state index in [0.717, 1.165) is 5.69 Å². The van der Waals surface area contributed by atoms with Gasteiger partial charge in [0.25, 0.3) is 0 Å². The van der Waals surface area contributed by atoms with Gasteiger partial charge in [-0.05, 0) is 50.2 Å². The van der Waals surface area contributed by atoms with Gasteiger partial charge in [-0.25, -0.2) is 0 Å². The Balaban J connectivity index is 2.53. The molecule has 1 heterocycles. The van der Waals surface area contributed by atoms with E-state index in [-0.39, 0.29) is 5.54 Å². The summed E-state index contributed by atoms with van der Waals surface area (Å²) in [6, 6.07) is 9.89. The first kappa shape index (κ1) is 11.0. The summed E-state index contributed by atoms with van der Waals surface area (Å²) in [5, 5.41) is 7.45. The third-order valence-electron chi connectivity index (χ3n) is 2.22. The topological polar surface area (TPSA) is 37.5 Å². The number of benzene rings is 1. The minimum absolute atomic E-state index is 0.104. The fourth-order valence-electron chi connectivity index (χ4n) is 1.34. The molecule has 84 valence electrons. The SMILES string of the molecule is CC(C)(C)[n+]1nc(=S)n(-c2ccccc2)[nH]1. The third kappa shape index (κ3) is 2.04. The number of H-pyrrole nitrogens is 1. The lowest BCUT2D eigenvalue weighted by atomic mass is 10.1. The largest absolute Gasteiger partial charge is 0.352 e. The maximum Gasteiger partial charge on any atom is 0.352 e. The number of hydrogen-bond acceptors (Lipinski definition) is 2. The molecule has 1 N–H and O–H groups in total. The first-order valence-electron chi connectivity index (χ1n) is 5.16. The van der Waals surface area contributed by atoms with Crippen LogP contribution in [-0.2, 0) is 5.54 Å². The summed E-state index contributed by atoms with van der Waals surface area (Å²) in [6.07, 6.45) is 0. The van der Waals surface area contributed by atoms with Gasteiger partial charge >= 0.3 is 4.77 Å². The maximum atomic E-state index is 5.22. The number of nitrogens with zero attached hydrogens (tertiary/aromatic N) is 3. The van der Waals surface area contributed by atoms with E-state index in [9.17, 15) is 0 Å². The van der Waals surface area contributed by atoms with Crippen molar-refractivity contribution >= 4 is 12.2 Å². The van der Waals surface area contributed by atoms with Gasteiger partial charge in [-0.2, -0.15) is 0 Å². The second-order valence-electron chi connectivity index (χ2n) is 4.64. The van der Waals surface area contributed by atoms with E-state index >= 15 is 0 Å². The molecule has 1 aromatic heterocycles. The summed E-state index contributed by atoms with van der Waals surface area (Å²) in [4.78, 5) is 1.77. The summed E-state index contributed by atoms with van der Waals surface area (Å²) < 4.78 is 2.32. The zero-order valence-electron chi connectivity index (χ0n) is 9.64. The van der Waals surface area contributed by atoms with Crippen LogP contribution in [0.4, 0.5) is 0 Å². The van der Waals surface area contributed by atoms with Gasteiger partial charge in [0.1, 0.15) is 5.54 Å². The van der Waals surface area contributed by atoms with Crippen molar-refractivity contribution in [2.75, 3.05) is 0 Å². The third-order valence-corrected chi connectivity index (χ3v) is 2.49. The standard InChI is InChI=1S/C11H14N4S/c1-11(2,3)15-12-10(16)14(13-15)9-7-5-4-6-8-9/h4-8H,1-3H3/p+1. The zero-order valence-corrected chi connectivity index (χ0v) is 10.5. The highest BCUT2D eigenvalue weighted by Crippen LogP contribution is 2.06. The molecule has 5 heteroatoms. The fraction of sp³-hybridized carbons (Fsp3) is 0.364. The van der Waals surface area contributed by atoms with Gasteiger partial charge in [-0.3, -0.25) is 0 Å². The van der Waals surface area contributed by atoms with Crippen LogP contribution in [0.2, 0.25) is 0 Å². The minimum Gasteiger partial charge on any atom is -0.0945 e. The van der Waals surface area contributed by atoms with Gasteiger partial charge in [-0.15, -0.1) is 0 Å². The highest BCUT2D eigenvalue weighted by molar-refractivity contribution is 7.71. The van der Waals surface area contributed by atoms with Crippen LogP contribution in [0.5, 0.6) is 0 Å². The van der Waals surface area contributed by atoms with Gasteiger partial charge in [-0.1, -0.05) is 32.9 Å². The number of aromatic nitrogens is 4. The van der Waals surface area contributed by atoms with E-state index in [1.54, 1.807) is 9.48 Å². The Morgan fingerprint density at radius 2 is 1.88 bits per heavy atom. The Morgan fingerprint density at radius 1 is 1.25 bits per heavy atom. The normalized spacial score (nSPS) is 11.7. The molecule has 0 aliphatic heterocycles. The number of nitrogens with one attached hydrogen (secondary N) is 1. The lowest BCUT2D eigenvalue weighted by molar-refractivity contribution is -0.854. The van der Waals surface area contributed by atoms with E-state index in [4.69, 9.17) is 12.2 Å². The molecule has 0 spiro atoms. The maximum absolute atomic E-state index is 5.22. The van der Waals surface area contributed by atoms with Gasteiger partial charge in [0.05, 0.1) is 0 Å². The Labute approximate surface area is 99.5 Å². The predicted octanol–water partition coefficient (Wildman–Crippen LogP) is 1.97. The molecule has 2 rings (SSSR count). The summed E-state index contributed by atoms with van der Waals surface area (Å²) in [5.74, 6) is 0. The van der Waals surface area contributed by atoms with Crippen LogP contribution in [0.25, 0.3) is 5.69 Å². The summed E-state index contributed by atoms with van der Waals surface area (Å²) >= 11 is 5.22. The van der Waals surface area contributed by atoms with Gasteiger partial charge in [0.2, 0.25) is 0 Å². The molecule has 0 bridgehead atoms. The second-order valence-corrected chi connectivity index (χ2v) is 5.00. The molecule has 4 nitrogen and oxygen atoms in total. The van der Waals surface area contributed by atoms with Crippen molar-refractivity contribution in [3.05, 3.63) is 35.1 Å². The first-order valence-corrected chi connectivity index (χ1v) is 5.56. The van der Waals surface area contributed by atoms with Crippen molar-refractivity contribution in [1.29, 1.82) is 0 Å². The Hall–Kier alpha value is -1.49. The van der Waals surface area contributed by atoms with Crippen molar-refractivity contribution < 1.29 is 4.80 Å². The number of aromatic amines is 1. The predicted molar refractivity (Wildman–Crippen MR) is 63.9 cm³/mol. The van der Waals surface area contributed by atoms with E-state index in [0.29, 0.717) is 4.77 Å². The lowest BCUT2D eigenvalue weighted by Crippen LogP contribution is -2.54. The van der Waals surface area contributed by atoms with Crippen LogP contribution in [0.1, 0.15) is 20.8 Å². The summed E-state index contributed by atoms with van der Waals surface area (Å²) in [6.45, 7) is 6.21. The van der Waals surface area contributed by atoms with Crippen LogP contribution in [0.15, 0.2) is 30.3 Å². The van der Waals surface area contributed by atoms with Crippen LogP contribution in [0.3, 0.4) is 0 Å². The van der Waals surface area contributed by atoms with E-state index in [1.165, 1.54) is 0 Å². The molecule has 0 aliphatic rings. The highest BCUT2D eigenvalue weighted by Gasteiger charge is 2.23. The molecule has 0 saturated heterocycles. The Bertz CT molecular complexity index is 533. The average molecular weight is 235 g/mol. The molecule has 1 aromatic carbocycles. The smallest absolute Gasteiger partial charge is 0.0945 e. The molecule has 0 atom stereocenters. The minimum atomic E-state index is -0.104. The first-order chi connectivity index (χ1) is 7.48. The monoisotopic (exact) mass is 235 g/mol. The van der Waals surface area contributed by atoms with Crippen molar-refractivity contribution in [1.82, 2.24) is 15.0 Å². The van der Waals surface area contributed by atoms with Gasteiger partial charge in [0, 0.05) is 0 Å². The molecule has 0 amide bonds. The van der Waals surface area contributed by atoms with Gasteiger partial charge < -0.3 is 0 Å². The quantitative estimate of drug-likeness (QED) is 0.606. The Kier molecular flexibility index (Phi) is 2.63. The Morgan fingerprint density at radius 3 is 2.38 bits per heavy atom. The molecule has 0 unspecified atom stereocenters. The number of hydrogen-bond donors (Lipinski definition) is 1. The van der Waals surface area contributed by atoms with E-state index in [1.807, 2.05) is 30.3 Å².